The van der Waals surface area contributed by atoms with Gasteiger partial charge in [-0.2, -0.15) is 5.10 Å². The van der Waals surface area contributed by atoms with E-state index in [1.807, 2.05) is 37.3 Å². The number of nitrogens with zero attached hydrogens (tertiary/aromatic N) is 6. The van der Waals surface area contributed by atoms with Crippen LogP contribution in [0.1, 0.15) is 55.0 Å². The van der Waals surface area contributed by atoms with Crippen LogP contribution in [0.25, 0.3) is 32.7 Å². The first-order valence-corrected chi connectivity index (χ1v) is 20.9. The van der Waals surface area contributed by atoms with Crippen LogP contribution in [-0.4, -0.2) is 118 Å². The summed E-state index contributed by atoms with van der Waals surface area (Å²) >= 11 is 0. The van der Waals surface area contributed by atoms with E-state index in [1.54, 1.807) is 36.6 Å². The molecule has 2 aromatic heterocycles. The van der Waals surface area contributed by atoms with Crippen molar-refractivity contribution in [3.05, 3.63) is 97.1 Å². The number of esters is 1. The number of carbonyl (C=O) groups excluding carboxylic acids is 2. The Hall–Kier alpha value is -5.92. The summed E-state index contributed by atoms with van der Waals surface area (Å²) < 4.78 is 45.6. The minimum absolute atomic E-state index is 0.0643. The minimum Gasteiger partial charge on any atom is -0.491 e. The maximum atomic E-state index is 13.6. The van der Waals surface area contributed by atoms with Gasteiger partial charge in [-0.1, -0.05) is 19.0 Å². The number of carbonyl (C=O) groups is 2. The van der Waals surface area contributed by atoms with Gasteiger partial charge in [-0.3, -0.25) is 9.59 Å². The Kier molecular flexibility index (Phi) is 17.0. The average molecular weight is 872 g/mol. The van der Waals surface area contributed by atoms with Crippen molar-refractivity contribution >= 4 is 28.5 Å². The smallest absolute Gasteiger partial charge is 0.343 e. The highest BCUT2D eigenvalue weighted by atomic mass is 16.6. The summed E-state index contributed by atoms with van der Waals surface area (Å²) in [5.41, 5.74) is 14.2. The summed E-state index contributed by atoms with van der Waals surface area (Å²) in [5.74, 6) is -0.0691. The first-order chi connectivity index (χ1) is 30.7. The van der Waals surface area contributed by atoms with E-state index in [9.17, 15) is 19.5 Å². The fraction of sp³-hybridized carbons (Fsp3) is 0.477. The molecular weight excluding hydrogens is 819 g/mol. The van der Waals surface area contributed by atoms with Crippen LogP contribution in [0.5, 0.6) is 11.5 Å². The van der Waals surface area contributed by atoms with Gasteiger partial charge in [0.05, 0.1) is 101 Å². The van der Waals surface area contributed by atoms with Crippen molar-refractivity contribution in [3.8, 4) is 22.9 Å². The van der Waals surface area contributed by atoms with Crippen molar-refractivity contribution in [2.24, 2.45) is 10.2 Å². The largest absolute Gasteiger partial charge is 0.491 e. The average Bonchev–Trinajstić information content (AvgIpc) is 3.67. The van der Waals surface area contributed by atoms with Crippen molar-refractivity contribution in [3.63, 3.8) is 0 Å². The third-order valence-electron chi connectivity index (χ3n) is 10.5. The lowest BCUT2D eigenvalue weighted by molar-refractivity contribution is -0.172. The summed E-state index contributed by atoms with van der Waals surface area (Å²) in [6.45, 7) is 10.3. The van der Waals surface area contributed by atoms with E-state index < -0.39 is 17.5 Å². The second kappa shape index (κ2) is 23.0. The number of aromatic nitrogens is 2. The molecule has 4 heterocycles. The number of hydrogen-bond donors (Lipinski definition) is 2. The van der Waals surface area contributed by atoms with Crippen molar-refractivity contribution in [1.82, 2.24) is 15.0 Å². The fourth-order valence-electron chi connectivity index (χ4n) is 7.17. The standard InChI is InChI=1S/C44H53N7O12/c1-4-33-34-24-32(10-11-38(34)47-41-35(33)26-51-39(41)25-37-36(42(51)53)27-63-43(54)44(37,55)5-2)62-28-40(52)49-48-29(3)30-6-8-31(9-7-30)61-23-22-60-21-20-59-19-18-58-17-16-57-15-14-56-13-12-46-50-45/h6-11,24-25,55H,4-5,12-23,26-28H2,1-3H3,(H,49,52)/b48-29+/t44-/m0/s1. The van der Waals surface area contributed by atoms with E-state index in [0.29, 0.717) is 120 Å². The monoisotopic (exact) mass is 871 g/mol. The molecule has 19 heteroatoms. The maximum absolute atomic E-state index is 13.6. The van der Waals surface area contributed by atoms with Crippen LogP contribution in [0.4, 0.5) is 0 Å². The lowest BCUT2D eigenvalue weighted by atomic mass is 9.86. The van der Waals surface area contributed by atoms with E-state index in [2.05, 4.69) is 20.6 Å². The molecule has 6 rings (SSSR count). The highest BCUT2D eigenvalue weighted by Gasteiger charge is 2.45. The molecule has 63 heavy (non-hydrogen) atoms. The Morgan fingerprint density at radius 1 is 0.873 bits per heavy atom. The number of hydrazone groups is 1. The van der Waals surface area contributed by atoms with Gasteiger partial charge in [0, 0.05) is 28.0 Å². The molecular formula is C44H53N7O12. The zero-order valence-electron chi connectivity index (χ0n) is 35.8. The minimum atomic E-state index is -1.90. The molecule has 2 N–H and O–H groups in total. The van der Waals surface area contributed by atoms with Gasteiger partial charge in [0.2, 0.25) is 0 Å². The number of cyclic esters (lactones) is 1. The lowest BCUT2D eigenvalue weighted by Gasteiger charge is -2.31. The van der Waals surface area contributed by atoms with E-state index in [1.165, 1.54) is 0 Å². The summed E-state index contributed by atoms with van der Waals surface area (Å²) in [4.78, 5) is 46.5. The fourth-order valence-corrected chi connectivity index (χ4v) is 7.17. The van der Waals surface area contributed by atoms with Crippen molar-refractivity contribution in [1.29, 1.82) is 0 Å². The molecule has 2 aliphatic rings. The number of pyridine rings is 2. The number of fused-ring (bicyclic) bond motifs is 5. The van der Waals surface area contributed by atoms with Gasteiger partial charge in [-0.15, -0.1) is 0 Å². The van der Waals surface area contributed by atoms with E-state index in [4.69, 9.17) is 48.4 Å². The van der Waals surface area contributed by atoms with Gasteiger partial charge in [0.15, 0.2) is 12.2 Å². The molecule has 0 saturated carbocycles. The predicted octanol–water partition coefficient (Wildman–Crippen LogP) is 4.33. The van der Waals surface area contributed by atoms with Crippen LogP contribution in [0, 0.1) is 0 Å². The first-order valence-electron chi connectivity index (χ1n) is 20.9. The van der Waals surface area contributed by atoms with Crippen LogP contribution < -0.4 is 20.5 Å². The zero-order chi connectivity index (χ0) is 44.6. The molecule has 2 aliphatic heterocycles. The molecule has 0 radical (unpaired) electrons. The molecule has 0 bridgehead atoms. The Morgan fingerprint density at radius 3 is 2.14 bits per heavy atom. The highest BCUT2D eigenvalue weighted by molar-refractivity contribution is 5.99. The normalized spacial score (nSPS) is 15.3. The number of aryl methyl sites for hydroxylation is 1. The van der Waals surface area contributed by atoms with E-state index >= 15 is 0 Å². The first kappa shape index (κ1) is 46.6. The van der Waals surface area contributed by atoms with Crippen molar-refractivity contribution < 1.29 is 52.6 Å². The lowest BCUT2D eigenvalue weighted by Crippen LogP contribution is -2.44. The Labute approximate surface area is 363 Å². The Balaban J connectivity index is 0.888. The van der Waals surface area contributed by atoms with E-state index in [0.717, 1.165) is 22.1 Å². The third-order valence-corrected chi connectivity index (χ3v) is 10.5. The van der Waals surface area contributed by atoms with Gasteiger partial charge in [-0.05, 0) is 85.0 Å². The molecule has 0 unspecified atom stereocenters. The number of azide groups is 1. The molecule has 0 fully saturated rings. The van der Waals surface area contributed by atoms with Gasteiger partial charge in [-0.25, -0.2) is 15.2 Å². The molecule has 0 saturated heterocycles. The number of benzene rings is 2. The number of nitrogens with one attached hydrogen (secondary N) is 1. The van der Waals surface area contributed by atoms with Crippen LogP contribution >= 0.6 is 0 Å². The zero-order valence-corrected chi connectivity index (χ0v) is 35.8. The molecule has 19 nitrogen and oxygen atoms in total. The summed E-state index contributed by atoms with van der Waals surface area (Å²) in [6.07, 6.45) is 0.703. The number of ether oxygens (including phenoxy) is 8. The Bertz CT molecular complexity index is 2360. The molecule has 2 aromatic carbocycles. The third kappa shape index (κ3) is 11.8. The van der Waals surface area contributed by atoms with Crippen LogP contribution in [0.2, 0.25) is 0 Å². The van der Waals surface area contributed by atoms with Gasteiger partial charge >= 0.3 is 5.97 Å². The van der Waals surface area contributed by atoms with Crippen LogP contribution in [0.15, 0.2) is 63.5 Å². The molecule has 0 aliphatic carbocycles. The number of hydrogen-bond acceptors (Lipinski definition) is 15. The Morgan fingerprint density at radius 2 is 1.51 bits per heavy atom. The van der Waals surface area contributed by atoms with E-state index in [-0.39, 0.29) is 42.9 Å². The highest BCUT2D eigenvalue weighted by Crippen LogP contribution is 2.40. The number of aliphatic hydroxyl groups is 1. The summed E-state index contributed by atoms with van der Waals surface area (Å²) in [6, 6.07) is 14.4. The van der Waals surface area contributed by atoms with Gasteiger partial charge < -0.3 is 47.6 Å². The maximum Gasteiger partial charge on any atom is 0.343 e. The second-order valence-corrected chi connectivity index (χ2v) is 14.5. The summed E-state index contributed by atoms with van der Waals surface area (Å²) in [7, 11) is 0. The predicted molar refractivity (Wildman–Crippen MR) is 230 cm³/mol. The van der Waals surface area contributed by atoms with Gasteiger partial charge in [0.25, 0.3) is 11.5 Å². The van der Waals surface area contributed by atoms with Crippen LogP contribution in [0.3, 0.4) is 0 Å². The topological polar surface area (TPSA) is 236 Å². The quantitative estimate of drug-likeness (QED) is 0.0150. The molecule has 336 valence electrons. The number of amides is 1. The molecule has 4 aromatic rings. The SMILES string of the molecule is CCc1c2c(nc3ccc(OCC(=O)N/N=C(\C)c4ccc(OCCOCCOCCOCCOCCOCCN=[N+]=[N-])cc4)cc13)-c1cc3c(c(=O)n1C2)COC(=O)[C@]3(O)CC. The van der Waals surface area contributed by atoms with Crippen molar-refractivity contribution in [2.75, 3.05) is 85.8 Å². The van der Waals surface area contributed by atoms with Gasteiger partial charge in [0.1, 0.15) is 24.7 Å². The van der Waals surface area contributed by atoms with Crippen molar-refractivity contribution in [2.45, 2.75) is 52.4 Å². The summed E-state index contributed by atoms with van der Waals surface area (Å²) in [5, 5.41) is 19.7. The number of rotatable bonds is 26. The molecule has 1 atom stereocenters. The van der Waals surface area contributed by atoms with Crippen LogP contribution in [-0.2, 0) is 63.2 Å². The molecule has 1 amide bonds. The second-order valence-electron chi connectivity index (χ2n) is 14.5. The molecule has 0 spiro atoms.